The molecule has 0 saturated carbocycles. The molecule has 1 saturated heterocycles. The minimum absolute atomic E-state index is 0.0502. The maximum Gasteiger partial charge on any atom is 0.254 e. The summed E-state index contributed by atoms with van der Waals surface area (Å²) < 4.78 is 5.20. The summed E-state index contributed by atoms with van der Waals surface area (Å²) in [7, 11) is 0. The normalized spacial score (nSPS) is 15.6. The Balaban J connectivity index is 1.95. The van der Waals surface area contributed by atoms with Crippen LogP contribution >= 0.6 is 11.8 Å². The van der Waals surface area contributed by atoms with Crippen LogP contribution in [0.3, 0.4) is 0 Å². The third-order valence-electron chi connectivity index (χ3n) is 3.07. The Morgan fingerprint density at radius 1 is 1.42 bits per heavy atom. The highest BCUT2D eigenvalue weighted by molar-refractivity contribution is 7.99. The number of nitrogens with zero attached hydrogens (tertiary/aromatic N) is 2. The Hall–Kier alpha value is -1.34. The fourth-order valence-electron chi connectivity index (χ4n) is 1.72. The van der Waals surface area contributed by atoms with Gasteiger partial charge in [0.1, 0.15) is 0 Å². The molecule has 6 nitrogen and oxygen atoms in total. The molecule has 1 fully saturated rings. The summed E-state index contributed by atoms with van der Waals surface area (Å²) in [6.07, 6.45) is 0. The van der Waals surface area contributed by atoms with E-state index < -0.39 is 0 Å². The van der Waals surface area contributed by atoms with Crippen molar-refractivity contribution in [3.8, 4) is 0 Å². The number of hydrogen-bond donors (Lipinski definition) is 1. The lowest BCUT2D eigenvalue weighted by Gasteiger charge is -2.26. The third-order valence-corrected chi connectivity index (χ3v) is 3.93. The number of aryl methyl sites for hydroxylation is 1. The fraction of sp³-hybridized carbons (Fsp3) is 0.583. The van der Waals surface area contributed by atoms with E-state index in [1.807, 2.05) is 0 Å². The maximum atomic E-state index is 11.9. The van der Waals surface area contributed by atoms with Crippen LogP contribution < -0.4 is 5.56 Å². The van der Waals surface area contributed by atoms with Crippen LogP contribution in [0.5, 0.6) is 0 Å². The average molecular weight is 283 g/mol. The molecule has 0 atom stereocenters. The molecule has 1 aliphatic heterocycles. The average Bonchev–Trinajstić information content (AvgIpc) is 2.43. The predicted octanol–water partition coefficient (Wildman–Crippen LogP) is 0.338. The van der Waals surface area contributed by atoms with Crippen LogP contribution in [0.2, 0.25) is 0 Å². The number of H-pyrrole nitrogens is 1. The first-order valence-electron chi connectivity index (χ1n) is 6.14. The lowest BCUT2D eigenvalue weighted by atomic mass is 10.3. The maximum absolute atomic E-state index is 11.9. The predicted molar refractivity (Wildman–Crippen MR) is 72.5 cm³/mol. The summed E-state index contributed by atoms with van der Waals surface area (Å²) in [4.78, 5) is 32.2. The van der Waals surface area contributed by atoms with Crippen LogP contribution in [-0.4, -0.2) is 52.8 Å². The van der Waals surface area contributed by atoms with Gasteiger partial charge in [0.2, 0.25) is 5.91 Å². The molecular formula is C12H17N3O3S. The van der Waals surface area contributed by atoms with Crippen molar-refractivity contribution in [1.82, 2.24) is 14.9 Å². The molecular weight excluding hydrogens is 266 g/mol. The summed E-state index contributed by atoms with van der Waals surface area (Å²) in [5.74, 6) is 0.333. The number of hydrogen-bond acceptors (Lipinski definition) is 5. The van der Waals surface area contributed by atoms with Crippen molar-refractivity contribution in [2.24, 2.45) is 0 Å². The van der Waals surface area contributed by atoms with Gasteiger partial charge in [0.25, 0.3) is 5.56 Å². The Kier molecular flexibility index (Phi) is 4.60. The SMILES string of the molecule is Cc1nc(SCC(=O)N2CCOCC2)[nH]c(=O)c1C. The van der Waals surface area contributed by atoms with Crippen LogP contribution in [0.4, 0.5) is 0 Å². The van der Waals surface area contributed by atoms with Gasteiger partial charge in [-0.2, -0.15) is 0 Å². The molecule has 0 bridgehead atoms. The molecule has 1 amide bonds. The van der Waals surface area contributed by atoms with Gasteiger partial charge >= 0.3 is 0 Å². The number of thioether (sulfide) groups is 1. The van der Waals surface area contributed by atoms with Crippen molar-refractivity contribution in [2.45, 2.75) is 19.0 Å². The molecule has 7 heteroatoms. The molecule has 1 aromatic heterocycles. The Morgan fingerprint density at radius 2 is 2.11 bits per heavy atom. The summed E-state index contributed by atoms with van der Waals surface area (Å²) >= 11 is 1.26. The number of nitrogens with one attached hydrogen (secondary N) is 1. The number of aromatic amines is 1. The lowest BCUT2D eigenvalue weighted by molar-refractivity contribution is -0.132. The number of ether oxygens (including phenoxy) is 1. The van der Waals surface area contributed by atoms with E-state index in [1.54, 1.807) is 18.7 Å². The zero-order valence-corrected chi connectivity index (χ0v) is 11.9. The number of rotatable bonds is 3. The van der Waals surface area contributed by atoms with Crippen LogP contribution in [0.1, 0.15) is 11.3 Å². The fourth-order valence-corrected chi connectivity index (χ4v) is 2.53. The topological polar surface area (TPSA) is 75.3 Å². The number of aromatic nitrogens is 2. The van der Waals surface area contributed by atoms with E-state index in [4.69, 9.17) is 4.74 Å². The van der Waals surface area contributed by atoms with Crippen molar-refractivity contribution in [3.05, 3.63) is 21.6 Å². The monoisotopic (exact) mass is 283 g/mol. The van der Waals surface area contributed by atoms with Gasteiger partial charge in [-0.05, 0) is 13.8 Å². The molecule has 1 N–H and O–H groups in total. The van der Waals surface area contributed by atoms with Gasteiger partial charge in [-0.1, -0.05) is 11.8 Å². The number of amides is 1. The second-order valence-corrected chi connectivity index (χ2v) is 5.33. The first-order chi connectivity index (χ1) is 9.08. The van der Waals surface area contributed by atoms with Gasteiger partial charge in [-0.25, -0.2) is 4.98 Å². The zero-order chi connectivity index (χ0) is 13.8. The molecule has 0 spiro atoms. The van der Waals surface area contributed by atoms with Crippen molar-refractivity contribution in [2.75, 3.05) is 32.1 Å². The molecule has 0 unspecified atom stereocenters. The van der Waals surface area contributed by atoms with Gasteiger partial charge in [-0.3, -0.25) is 9.59 Å². The number of morpholine rings is 1. The van der Waals surface area contributed by atoms with Crippen molar-refractivity contribution >= 4 is 17.7 Å². The number of carbonyl (C=O) groups is 1. The van der Waals surface area contributed by atoms with E-state index in [9.17, 15) is 9.59 Å². The van der Waals surface area contributed by atoms with E-state index in [2.05, 4.69) is 9.97 Å². The molecule has 104 valence electrons. The van der Waals surface area contributed by atoms with Crippen LogP contribution in [0.25, 0.3) is 0 Å². The van der Waals surface area contributed by atoms with Crippen LogP contribution in [0, 0.1) is 13.8 Å². The molecule has 2 heterocycles. The van der Waals surface area contributed by atoms with Crippen molar-refractivity contribution < 1.29 is 9.53 Å². The summed E-state index contributed by atoms with van der Waals surface area (Å²) in [5.41, 5.74) is 1.17. The standard InChI is InChI=1S/C12H17N3O3S/c1-8-9(2)13-12(14-11(8)17)19-7-10(16)15-3-5-18-6-4-15/h3-7H2,1-2H3,(H,13,14,17). The first-order valence-corrected chi connectivity index (χ1v) is 7.12. The van der Waals surface area contributed by atoms with E-state index in [0.717, 1.165) is 0 Å². The summed E-state index contributed by atoms with van der Waals surface area (Å²) in [6.45, 7) is 5.98. The Morgan fingerprint density at radius 3 is 2.74 bits per heavy atom. The second-order valence-electron chi connectivity index (χ2n) is 4.36. The van der Waals surface area contributed by atoms with Gasteiger partial charge in [-0.15, -0.1) is 0 Å². The van der Waals surface area contributed by atoms with Crippen molar-refractivity contribution in [3.63, 3.8) is 0 Å². The number of carbonyl (C=O) groups excluding carboxylic acids is 1. The Bertz CT molecular complexity index is 523. The molecule has 2 rings (SSSR count). The smallest absolute Gasteiger partial charge is 0.254 e. The summed E-state index contributed by atoms with van der Waals surface area (Å²) in [6, 6.07) is 0. The molecule has 0 aliphatic carbocycles. The molecule has 19 heavy (non-hydrogen) atoms. The highest BCUT2D eigenvalue weighted by Gasteiger charge is 2.17. The van der Waals surface area contributed by atoms with Gasteiger partial charge in [0.15, 0.2) is 5.16 Å². The molecule has 0 aromatic carbocycles. The van der Waals surface area contributed by atoms with Gasteiger partial charge < -0.3 is 14.6 Å². The van der Waals surface area contributed by atoms with E-state index in [1.165, 1.54) is 11.8 Å². The largest absolute Gasteiger partial charge is 0.378 e. The molecule has 1 aromatic rings. The minimum atomic E-state index is -0.145. The highest BCUT2D eigenvalue weighted by Crippen LogP contribution is 2.13. The van der Waals surface area contributed by atoms with E-state index in [0.29, 0.717) is 42.7 Å². The highest BCUT2D eigenvalue weighted by atomic mass is 32.2. The quantitative estimate of drug-likeness (QED) is 0.639. The van der Waals surface area contributed by atoms with E-state index >= 15 is 0 Å². The molecule has 1 aliphatic rings. The first kappa shape index (κ1) is 14.1. The second kappa shape index (κ2) is 6.21. The zero-order valence-electron chi connectivity index (χ0n) is 11.1. The third kappa shape index (κ3) is 3.57. The van der Waals surface area contributed by atoms with Gasteiger partial charge in [0, 0.05) is 24.3 Å². The summed E-state index contributed by atoms with van der Waals surface area (Å²) in [5, 5.41) is 0.495. The van der Waals surface area contributed by atoms with Crippen molar-refractivity contribution in [1.29, 1.82) is 0 Å². The minimum Gasteiger partial charge on any atom is -0.378 e. The van der Waals surface area contributed by atoms with E-state index in [-0.39, 0.29) is 17.2 Å². The lowest BCUT2D eigenvalue weighted by Crippen LogP contribution is -2.41. The van der Waals surface area contributed by atoms with Crippen LogP contribution in [0.15, 0.2) is 9.95 Å². The Labute approximate surface area is 115 Å². The van der Waals surface area contributed by atoms with Crippen LogP contribution in [-0.2, 0) is 9.53 Å². The van der Waals surface area contributed by atoms with Gasteiger partial charge in [0.05, 0.1) is 19.0 Å². The molecule has 0 radical (unpaired) electrons.